The Hall–Kier alpha value is -4.09. The first-order chi connectivity index (χ1) is 17.1. The van der Waals surface area contributed by atoms with E-state index in [0.29, 0.717) is 19.6 Å². The molecular weight excluding hydrogens is 436 g/mol. The Balaban J connectivity index is 1.40. The minimum Gasteiger partial charge on any atom is -0.489 e. The van der Waals surface area contributed by atoms with Gasteiger partial charge in [-0.3, -0.25) is 10.1 Å². The number of ether oxygens (including phenoxy) is 1. The highest BCUT2D eigenvalue weighted by atomic mass is 16.5. The zero-order valence-corrected chi connectivity index (χ0v) is 19.6. The van der Waals surface area contributed by atoms with Crippen molar-refractivity contribution in [2.75, 3.05) is 0 Å². The molecular formula is C30H28N2O3. The SMILES string of the molecule is Cc1cccc(COc2ccc3ccccc3c2CN[C@H](Cc2c[nH]c3ccccc23)C(=O)O)c1. The molecule has 3 N–H and O–H groups in total. The molecule has 1 aromatic heterocycles. The number of H-pyrrole nitrogens is 1. The topological polar surface area (TPSA) is 74.3 Å². The van der Waals surface area contributed by atoms with Crippen LogP contribution in [-0.4, -0.2) is 22.1 Å². The number of carbonyl (C=O) groups is 1. The Bertz CT molecular complexity index is 1490. The maximum absolute atomic E-state index is 12.2. The minimum absolute atomic E-state index is 0.379. The van der Waals surface area contributed by atoms with Gasteiger partial charge in [0.15, 0.2) is 0 Å². The van der Waals surface area contributed by atoms with Gasteiger partial charge in [-0.25, -0.2) is 0 Å². The summed E-state index contributed by atoms with van der Waals surface area (Å²) in [4.78, 5) is 15.4. The van der Waals surface area contributed by atoms with Gasteiger partial charge < -0.3 is 14.8 Å². The lowest BCUT2D eigenvalue weighted by atomic mass is 10.0. The highest BCUT2D eigenvalue weighted by Gasteiger charge is 2.21. The van der Waals surface area contributed by atoms with Crippen LogP contribution in [0.4, 0.5) is 0 Å². The number of nitrogens with one attached hydrogen (secondary N) is 2. The first-order valence-corrected chi connectivity index (χ1v) is 11.8. The number of aromatic amines is 1. The fraction of sp³-hybridized carbons (Fsp3) is 0.167. The largest absolute Gasteiger partial charge is 0.489 e. The van der Waals surface area contributed by atoms with Crippen molar-refractivity contribution in [2.45, 2.75) is 32.5 Å². The van der Waals surface area contributed by atoms with E-state index in [1.807, 2.05) is 66.9 Å². The fourth-order valence-corrected chi connectivity index (χ4v) is 4.59. The molecule has 1 atom stereocenters. The van der Waals surface area contributed by atoms with Gasteiger partial charge in [-0.2, -0.15) is 0 Å². The van der Waals surface area contributed by atoms with Crippen LogP contribution in [0.15, 0.2) is 91.1 Å². The molecule has 0 unspecified atom stereocenters. The van der Waals surface area contributed by atoms with Crippen molar-refractivity contribution in [1.29, 1.82) is 0 Å². The maximum atomic E-state index is 12.2. The molecule has 5 heteroatoms. The van der Waals surface area contributed by atoms with Gasteiger partial charge in [0.1, 0.15) is 18.4 Å². The number of carboxylic acid groups (broad SMARTS) is 1. The molecule has 0 aliphatic rings. The number of fused-ring (bicyclic) bond motifs is 2. The van der Waals surface area contributed by atoms with Crippen LogP contribution in [-0.2, 0) is 24.4 Å². The Labute approximate surface area is 204 Å². The summed E-state index contributed by atoms with van der Waals surface area (Å²) in [5.41, 5.74) is 5.23. The molecule has 1 heterocycles. The number of benzene rings is 4. The van der Waals surface area contributed by atoms with Gasteiger partial charge in [0, 0.05) is 35.6 Å². The summed E-state index contributed by atoms with van der Waals surface area (Å²) in [6.45, 7) is 2.89. The number of hydrogen-bond donors (Lipinski definition) is 3. The van der Waals surface area contributed by atoms with E-state index >= 15 is 0 Å². The molecule has 0 radical (unpaired) electrons. The van der Waals surface area contributed by atoms with Crippen LogP contribution < -0.4 is 10.1 Å². The molecule has 0 bridgehead atoms. The van der Waals surface area contributed by atoms with Crippen molar-refractivity contribution in [3.63, 3.8) is 0 Å². The van der Waals surface area contributed by atoms with Crippen LogP contribution in [0.5, 0.6) is 5.75 Å². The van der Waals surface area contributed by atoms with Crippen LogP contribution in [0, 0.1) is 6.92 Å². The van der Waals surface area contributed by atoms with Crippen molar-refractivity contribution in [1.82, 2.24) is 10.3 Å². The molecule has 0 fully saturated rings. The third kappa shape index (κ3) is 5.05. The van der Waals surface area contributed by atoms with Crippen LogP contribution in [0.3, 0.4) is 0 Å². The zero-order chi connectivity index (χ0) is 24.2. The van der Waals surface area contributed by atoms with Gasteiger partial charge in [0.25, 0.3) is 0 Å². The first-order valence-electron chi connectivity index (χ1n) is 11.8. The Morgan fingerprint density at radius 2 is 1.77 bits per heavy atom. The molecule has 0 saturated carbocycles. The molecule has 176 valence electrons. The monoisotopic (exact) mass is 464 g/mol. The normalized spacial score (nSPS) is 12.1. The first kappa shape index (κ1) is 22.7. The standard InChI is InChI=1S/C30H28N2O3/c1-20-7-6-8-21(15-20)19-35-29-14-13-22-9-2-3-10-24(22)26(29)18-32-28(30(33)34)16-23-17-31-27-12-5-4-11-25(23)27/h2-15,17,28,31-32H,16,18-19H2,1H3,(H,33,34)/t28-/m1/s1. The van der Waals surface area contributed by atoms with E-state index in [1.54, 1.807) is 0 Å². The van der Waals surface area contributed by atoms with Crippen LogP contribution in [0.25, 0.3) is 21.7 Å². The van der Waals surface area contributed by atoms with E-state index in [1.165, 1.54) is 5.56 Å². The second-order valence-electron chi connectivity index (χ2n) is 8.88. The van der Waals surface area contributed by atoms with E-state index in [4.69, 9.17) is 4.74 Å². The third-order valence-corrected chi connectivity index (χ3v) is 6.40. The van der Waals surface area contributed by atoms with Gasteiger partial charge in [0.05, 0.1) is 0 Å². The molecule has 0 aliphatic carbocycles. The van der Waals surface area contributed by atoms with E-state index in [0.717, 1.165) is 44.1 Å². The van der Waals surface area contributed by atoms with Crippen molar-refractivity contribution in [2.24, 2.45) is 0 Å². The molecule has 35 heavy (non-hydrogen) atoms. The summed E-state index contributed by atoms with van der Waals surface area (Å²) < 4.78 is 6.25. The summed E-state index contributed by atoms with van der Waals surface area (Å²) in [6, 6.07) is 27.6. The average molecular weight is 465 g/mol. The zero-order valence-electron chi connectivity index (χ0n) is 19.6. The maximum Gasteiger partial charge on any atom is 0.321 e. The molecule has 5 rings (SSSR count). The predicted molar refractivity (Wildman–Crippen MR) is 140 cm³/mol. The van der Waals surface area contributed by atoms with Gasteiger partial charge >= 0.3 is 5.97 Å². The van der Waals surface area contributed by atoms with Crippen molar-refractivity contribution >= 4 is 27.6 Å². The summed E-state index contributed by atoms with van der Waals surface area (Å²) in [5.74, 6) is -0.119. The Morgan fingerprint density at radius 3 is 2.60 bits per heavy atom. The number of aryl methyl sites for hydroxylation is 1. The minimum atomic E-state index is -0.877. The predicted octanol–water partition coefficient (Wildman–Crippen LogP) is 5.99. The van der Waals surface area contributed by atoms with Gasteiger partial charge in [-0.05, 0) is 41.0 Å². The van der Waals surface area contributed by atoms with Crippen LogP contribution in [0.2, 0.25) is 0 Å². The lowest BCUT2D eigenvalue weighted by Gasteiger charge is -2.18. The Kier molecular flexibility index (Phi) is 6.51. The van der Waals surface area contributed by atoms with Gasteiger partial charge in [-0.1, -0.05) is 78.4 Å². The van der Waals surface area contributed by atoms with Crippen molar-refractivity contribution < 1.29 is 14.6 Å². The van der Waals surface area contributed by atoms with E-state index in [9.17, 15) is 9.90 Å². The van der Waals surface area contributed by atoms with E-state index in [-0.39, 0.29) is 0 Å². The molecule has 0 amide bonds. The molecule has 5 aromatic rings. The fourth-order valence-electron chi connectivity index (χ4n) is 4.59. The number of aromatic nitrogens is 1. The van der Waals surface area contributed by atoms with Crippen molar-refractivity contribution in [3.05, 3.63) is 113 Å². The van der Waals surface area contributed by atoms with Gasteiger partial charge in [0.2, 0.25) is 0 Å². The lowest BCUT2D eigenvalue weighted by Crippen LogP contribution is -2.38. The van der Waals surface area contributed by atoms with E-state index < -0.39 is 12.0 Å². The Morgan fingerprint density at radius 1 is 0.971 bits per heavy atom. The van der Waals surface area contributed by atoms with Crippen LogP contribution in [0.1, 0.15) is 22.3 Å². The van der Waals surface area contributed by atoms with Gasteiger partial charge in [-0.15, -0.1) is 0 Å². The molecule has 4 aromatic carbocycles. The summed E-state index contributed by atoms with van der Waals surface area (Å²) in [5, 5.41) is 16.5. The molecule has 0 aliphatic heterocycles. The lowest BCUT2D eigenvalue weighted by molar-refractivity contribution is -0.139. The number of hydrogen-bond acceptors (Lipinski definition) is 3. The van der Waals surface area contributed by atoms with Crippen molar-refractivity contribution in [3.8, 4) is 5.75 Å². The molecule has 0 spiro atoms. The number of aliphatic carboxylic acids is 1. The molecule has 5 nitrogen and oxygen atoms in total. The summed E-state index contributed by atoms with van der Waals surface area (Å²) >= 11 is 0. The summed E-state index contributed by atoms with van der Waals surface area (Å²) in [7, 11) is 0. The molecule has 0 saturated heterocycles. The number of para-hydroxylation sites is 1. The average Bonchev–Trinajstić information content (AvgIpc) is 3.28. The quantitative estimate of drug-likeness (QED) is 0.250. The highest BCUT2D eigenvalue weighted by molar-refractivity contribution is 5.88. The van der Waals surface area contributed by atoms with E-state index in [2.05, 4.69) is 41.5 Å². The summed E-state index contributed by atoms with van der Waals surface area (Å²) in [6.07, 6.45) is 2.28. The second kappa shape index (κ2) is 10.0. The second-order valence-corrected chi connectivity index (χ2v) is 8.88. The van der Waals surface area contributed by atoms with Crippen LogP contribution >= 0.6 is 0 Å². The number of carboxylic acids is 1. The number of rotatable bonds is 9. The highest BCUT2D eigenvalue weighted by Crippen LogP contribution is 2.29. The smallest absolute Gasteiger partial charge is 0.321 e. The third-order valence-electron chi connectivity index (χ3n) is 6.40.